The monoisotopic (exact) mass is 373 g/mol. The normalized spacial score (nSPS) is 20.3. The summed E-state index contributed by atoms with van der Waals surface area (Å²) in [6, 6.07) is 6.43. The van der Waals surface area contributed by atoms with Crippen LogP contribution in [-0.4, -0.2) is 34.4 Å². The van der Waals surface area contributed by atoms with Gasteiger partial charge < -0.3 is 15.5 Å². The predicted octanol–water partition coefficient (Wildman–Crippen LogP) is 3.50. The van der Waals surface area contributed by atoms with Gasteiger partial charge in [0.25, 0.3) is 0 Å². The molecule has 0 radical (unpaired) electrons. The molecule has 1 unspecified atom stereocenters. The van der Waals surface area contributed by atoms with Crippen molar-refractivity contribution in [3.63, 3.8) is 0 Å². The van der Waals surface area contributed by atoms with Crippen LogP contribution in [0.25, 0.3) is 6.08 Å². The Hall–Kier alpha value is -1.86. The highest BCUT2D eigenvalue weighted by atomic mass is 19.4. The van der Waals surface area contributed by atoms with Gasteiger partial charge in [0.15, 0.2) is 0 Å². The topological polar surface area (TPSA) is 69.6 Å². The molecular formula is C19H24F3NO3. The van der Waals surface area contributed by atoms with E-state index < -0.39 is 36.7 Å². The van der Waals surface area contributed by atoms with Crippen molar-refractivity contribution >= 4 is 12.0 Å². The zero-order valence-electron chi connectivity index (χ0n) is 16.2. The first-order valence-corrected chi connectivity index (χ1v) is 8.49. The largest absolute Gasteiger partial charge is 0.471 e. The van der Waals surface area contributed by atoms with Crippen LogP contribution in [0.5, 0.6) is 0 Å². The number of aliphatic hydroxyl groups is 2. The van der Waals surface area contributed by atoms with Crippen molar-refractivity contribution in [1.82, 2.24) is 5.32 Å². The van der Waals surface area contributed by atoms with E-state index in [1.165, 1.54) is 11.4 Å². The molecule has 2 rings (SSSR count). The zero-order valence-corrected chi connectivity index (χ0v) is 14.2. The summed E-state index contributed by atoms with van der Waals surface area (Å²) in [5.41, 5.74) is 0.0880. The van der Waals surface area contributed by atoms with Crippen molar-refractivity contribution in [2.45, 2.75) is 56.4 Å². The van der Waals surface area contributed by atoms with Gasteiger partial charge in [-0.1, -0.05) is 49.6 Å². The van der Waals surface area contributed by atoms with E-state index >= 15 is 0 Å². The van der Waals surface area contributed by atoms with Gasteiger partial charge in [-0.2, -0.15) is 13.2 Å². The minimum absolute atomic E-state index is 0.294. The molecule has 0 aromatic heterocycles. The number of aliphatic hydroxyl groups excluding tert-OH is 1. The predicted molar refractivity (Wildman–Crippen MR) is 92.2 cm³/mol. The van der Waals surface area contributed by atoms with Gasteiger partial charge in [0.2, 0.25) is 0 Å². The number of hydrogen-bond donors (Lipinski definition) is 3. The van der Waals surface area contributed by atoms with Crippen LogP contribution in [0.4, 0.5) is 13.2 Å². The smallest absolute Gasteiger partial charge is 0.388 e. The van der Waals surface area contributed by atoms with Crippen LogP contribution in [-0.2, 0) is 4.79 Å². The number of nitrogens with one attached hydrogen (secondary N) is 1. The summed E-state index contributed by atoms with van der Waals surface area (Å²) in [5.74, 6) is -2.40. The summed E-state index contributed by atoms with van der Waals surface area (Å²) >= 11 is 0. The fourth-order valence-corrected chi connectivity index (χ4v) is 2.87. The van der Waals surface area contributed by atoms with E-state index in [1.807, 2.05) is 0 Å². The Morgan fingerprint density at radius 2 is 2.04 bits per heavy atom. The minimum atomic E-state index is -5.21. The summed E-state index contributed by atoms with van der Waals surface area (Å²) < 4.78 is 52.0. The van der Waals surface area contributed by atoms with Crippen molar-refractivity contribution in [3.05, 3.63) is 41.5 Å². The maximum Gasteiger partial charge on any atom is 0.471 e. The molecule has 3 N–H and O–H groups in total. The molecule has 1 aromatic rings. The van der Waals surface area contributed by atoms with Gasteiger partial charge in [-0.15, -0.1) is 0 Å². The summed E-state index contributed by atoms with van der Waals surface area (Å²) in [6.07, 6.45) is 0.364. The van der Waals surface area contributed by atoms with Gasteiger partial charge in [0.1, 0.15) is 0 Å². The van der Waals surface area contributed by atoms with Crippen molar-refractivity contribution in [2.75, 3.05) is 6.50 Å². The first-order valence-electron chi connectivity index (χ1n) is 9.49. The second kappa shape index (κ2) is 8.68. The van der Waals surface area contributed by atoms with E-state index in [4.69, 9.17) is 2.74 Å². The standard InChI is InChI=1S/C19H24F3NO3/c20-19(21,22)17(25)23-12-8-16(24)15-6-4-5-14(13-15)7-11-18(26)9-2-1-3-10-18/h4-7,11,13,16,24,26H,1-3,8-10,12H2,(H,23,25)/b11-7+/i12D2. The zero-order chi connectivity index (χ0) is 21.0. The van der Waals surface area contributed by atoms with Crippen molar-refractivity contribution in [3.8, 4) is 0 Å². The van der Waals surface area contributed by atoms with Crippen LogP contribution >= 0.6 is 0 Å². The Labute approximate surface area is 153 Å². The number of rotatable bonds is 6. The summed E-state index contributed by atoms with van der Waals surface area (Å²) in [7, 11) is 0. The lowest BCUT2D eigenvalue weighted by Crippen LogP contribution is -2.37. The molecule has 7 heteroatoms. The summed E-state index contributed by atoms with van der Waals surface area (Å²) in [6.45, 7) is -2.74. The van der Waals surface area contributed by atoms with Crippen LogP contribution < -0.4 is 5.32 Å². The second-order valence-corrected chi connectivity index (χ2v) is 6.52. The highest BCUT2D eigenvalue weighted by molar-refractivity contribution is 5.81. The van der Waals surface area contributed by atoms with E-state index in [0.717, 1.165) is 19.3 Å². The number of alkyl halides is 3. The molecule has 1 aliphatic rings. The molecule has 4 nitrogen and oxygen atoms in total. The Morgan fingerprint density at radius 3 is 2.69 bits per heavy atom. The quantitative estimate of drug-likeness (QED) is 0.715. The van der Waals surface area contributed by atoms with E-state index in [9.17, 15) is 28.2 Å². The number of halogens is 3. The van der Waals surface area contributed by atoms with Crippen molar-refractivity contribution < 1.29 is 30.9 Å². The van der Waals surface area contributed by atoms with Gasteiger partial charge in [0.05, 0.1) is 11.7 Å². The summed E-state index contributed by atoms with van der Waals surface area (Å²) in [4.78, 5) is 10.9. The molecule has 1 aliphatic carbocycles. The van der Waals surface area contributed by atoms with Gasteiger partial charge >= 0.3 is 12.1 Å². The Morgan fingerprint density at radius 1 is 1.35 bits per heavy atom. The van der Waals surface area contributed by atoms with Crippen LogP contribution in [0.2, 0.25) is 0 Å². The van der Waals surface area contributed by atoms with E-state index in [0.29, 0.717) is 24.0 Å². The molecule has 0 aliphatic heterocycles. The van der Waals surface area contributed by atoms with E-state index in [2.05, 4.69) is 0 Å². The fourth-order valence-electron chi connectivity index (χ4n) is 2.87. The molecule has 0 spiro atoms. The third-order valence-corrected chi connectivity index (χ3v) is 4.36. The highest BCUT2D eigenvalue weighted by Gasteiger charge is 2.38. The second-order valence-electron chi connectivity index (χ2n) is 6.52. The number of carbonyl (C=O) groups is 1. The summed E-state index contributed by atoms with van der Waals surface area (Å²) in [5, 5.41) is 22.0. The fraction of sp³-hybridized carbons (Fsp3) is 0.526. The SMILES string of the molecule is [2H]C([2H])(CC(O)c1cccc(/C=C/C2(O)CCCCC2)c1)NC(=O)C(F)(F)F. The molecule has 0 heterocycles. The van der Waals surface area contributed by atoms with Crippen molar-refractivity contribution in [2.24, 2.45) is 0 Å². The number of hydrogen-bond acceptors (Lipinski definition) is 3. The lowest BCUT2D eigenvalue weighted by atomic mass is 9.84. The maximum atomic E-state index is 12.3. The van der Waals surface area contributed by atoms with E-state index in [1.54, 1.807) is 30.4 Å². The molecular weight excluding hydrogens is 347 g/mol. The molecule has 26 heavy (non-hydrogen) atoms. The number of carbonyl (C=O) groups excluding carboxylic acids is 1. The first kappa shape index (κ1) is 17.5. The average Bonchev–Trinajstić information content (AvgIpc) is 2.59. The molecule has 1 saturated carbocycles. The highest BCUT2D eigenvalue weighted by Crippen LogP contribution is 2.30. The molecule has 0 saturated heterocycles. The molecule has 144 valence electrons. The van der Waals surface area contributed by atoms with Crippen molar-refractivity contribution in [1.29, 1.82) is 0 Å². The van der Waals surface area contributed by atoms with Crippen LogP contribution in [0.1, 0.15) is 58.5 Å². The Bertz CT molecular complexity index is 717. The van der Waals surface area contributed by atoms with Gasteiger partial charge in [0, 0.05) is 9.24 Å². The third kappa shape index (κ3) is 6.14. The minimum Gasteiger partial charge on any atom is -0.388 e. The molecule has 1 amide bonds. The van der Waals surface area contributed by atoms with Gasteiger partial charge in [-0.25, -0.2) is 0 Å². The maximum absolute atomic E-state index is 12.3. The molecule has 1 atom stereocenters. The Kier molecular flexibility index (Phi) is 5.86. The van der Waals surface area contributed by atoms with Gasteiger partial charge in [-0.3, -0.25) is 4.79 Å². The Balaban J connectivity index is 2.05. The van der Waals surface area contributed by atoms with Crippen LogP contribution in [0.15, 0.2) is 30.3 Å². The molecule has 0 bridgehead atoms. The molecule has 1 fully saturated rings. The lowest BCUT2D eigenvalue weighted by Gasteiger charge is -2.28. The van der Waals surface area contributed by atoms with Crippen LogP contribution in [0, 0.1) is 0 Å². The number of benzene rings is 1. The average molecular weight is 373 g/mol. The lowest BCUT2D eigenvalue weighted by molar-refractivity contribution is -0.173. The number of amides is 1. The molecule has 1 aromatic carbocycles. The first-order chi connectivity index (χ1) is 12.9. The van der Waals surface area contributed by atoms with Gasteiger partial charge in [-0.05, 0) is 36.5 Å². The van der Waals surface area contributed by atoms with E-state index in [-0.39, 0.29) is 0 Å². The third-order valence-electron chi connectivity index (χ3n) is 4.36. The van der Waals surface area contributed by atoms with Crippen LogP contribution in [0.3, 0.4) is 0 Å².